The second kappa shape index (κ2) is 17.7. The third-order valence-electron chi connectivity index (χ3n) is 9.95. The van der Waals surface area contributed by atoms with Gasteiger partial charge in [-0.25, -0.2) is 0 Å². The van der Waals surface area contributed by atoms with Crippen LogP contribution in [0, 0.1) is 5.92 Å². The summed E-state index contributed by atoms with van der Waals surface area (Å²) in [5.74, 6) is -2.28. The van der Waals surface area contributed by atoms with Crippen LogP contribution in [0.4, 0.5) is 0 Å². The molecule has 2 aromatic carbocycles. The first-order valence-electron chi connectivity index (χ1n) is 18.0. The van der Waals surface area contributed by atoms with E-state index in [0.29, 0.717) is 45.1 Å². The van der Waals surface area contributed by atoms with E-state index < -0.39 is 52.9 Å². The number of esters is 1. The molecule has 3 atom stereocenters. The highest BCUT2D eigenvalue weighted by atomic mass is 16.5. The highest BCUT2D eigenvalue weighted by Gasteiger charge is 2.43. The fourth-order valence-electron chi connectivity index (χ4n) is 6.92. The minimum atomic E-state index is -1.22. The van der Waals surface area contributed by atoms with Gasteiger partial charge < -0.3 is 42.8 Å². The number of piperidine rings is 1. The first-order chi connectivity index (χ1) is 24.3. The quantitative estimate of drug-likeness (QED) is 0.108. The Morgan fingerprint density at radius 3 is 1.92 bits per heavy atom. The molecule has 1 fully saturated rings. The van der Waals surface area contributed by atoms with Crippen molar-refractivity contribution in [2.45, 2.75) is 101 Å². The van der Waals surface area contributed by atoms with Gasteiger partial charge in [-0.05, 0) is 80.5 Å². The molecular weight excluding hydrogens is 650 g/mol. The van der Waals surface area contributed by atoms with Crippen molar-refractivity contribution in [3.05, 3.63) is 71.3 Å². The molecule has 0 saturated carbocycles. The number of likely N-dealkylation sites (tertiary alicyclic amines) is 1. The van der Waals surface area contributed by atoms with Crippen molar-refractivity contribution in [2.24, 2.45) is 23.1 Å². The molecule has 51 heavy (non-hydrogen) atoms. The zero-order valence-electron chi connectivity index (χ0n) is 30.1. The standard InChI is InChI=1S/C38H55N7O6/c1-25(2)21-30(32(46)42-29(15-9-10-18-39)34(48)45-19-16-37(40,17-20-45)36(50)51-3)43-33(47)31(22-26-11-5-4-6-12-26)44-35(49)38(41)23-27-13-7-8-14-28(27)24-38/h4-8,11-14,25,29-31H,9-10,15-24,39-41H2,1-3H3,(H,42,46)(H,43,47)(H,44,49)/t29-,30-,31-/m1/s1. The van der Waals surface area contributed by atoms with Gasteiger partial charge in [0.1, 0.15) is 29.2 Å². The van der Waals surface area contributed by atoms with Crippen molar-refractivity contribution in [1.82, 2.24) is 20.9 Å². The molecule has 13 nitrogen and oxygen atoms in total. The summed E-state index contributed by atoms with van der Waals surface area (Å²) in [6.45, 7) is 4.76. The van der Waals surface area contributed by atoms with Crippen molar-refractivity contribution in [3.63, 3.8) is 0 Å². The largest absolute Gasteiger partial charge is 0.468 e. The molecule has 0 unspecified atom stereocenters. The third kappa shape index (κ3) is 10.4. The van der Waals surface area contributed by atoms with E-state index in [1.807, 2.05) is 68.4 Å². The fraction of sp³-hybridized carbons (Fsp3) is 0.553. The topological polar surface area (TPSA) is 212 Å². The van der Waals surface area contributed by atoms with Crippen LogP contribution in [0.2, 0.25) is 0 Å². The Labute approximate surface area is 300 Å². The molecule has 13 heteroatoms. The molecule has 1 heterocycles. The lowest BCUT2D eigenvalue weighted by molar-refractivity contribution is -0.151. The summed E-state index contributed by atoms with van der Waals surface area (Å²) in [4.78, 5) is 69.4. The number of benzene rings is 2. The number of nitrogens with two attached hydrogens (primary N) is 3. The van der Waals surface area contributed by atoms with E-state index in [4.69, 9.17) is 21.9 Å². The van der Waals surface area contributed by atoms with Crippen LogP contribution >= 0.6 is 0 Å². The molecule has 0 radical (unpaired) electrons. The Bertz CT molecular complexity index is 1500. The van der Waals surface area contributed by atoms with Gasteiger partial charge in [-0.1, -0.05) is 68.4 Å². The molecule has 9 N–H and O–H groups in total. The Hall–Kier alpha value is -4.33. The van der Waals surface area contributed by atoms with E-state index in [2.05, 4.69) is 16.0 Å². The van der Waals surface area contributed by atoms with E-state index in [1.54, 1.807) is 4.90 Å². The minimum Gasteiger partial charge on any atom is -0.468 e. The number of fused-ring (bicyclic) bond motifs is 1. The molecule has 1 aliphatic heterocycles. The SMILES string of the molecule is COC(=O)C1(N)CCN(C(=O)[C@@H](CCCCN)NC(=O)[C@@H](CC(C)C)NC(=O)[C@@H](Cc2ccccc2)NC(=O)C2(N)Cc3ccccc3C2)CC1. The smallest absolute Gasteiger partial charge is 0.325 e. The van der Waals surface area contributed by atoms with Gasteiger partial charge in [-0.15, -0.1) is 0 Å². The first-order valence-corrected chi connectivity index (χ1v) is 18.0. The number of methoxy groups -OCH3 is 1. The second-order valence-corrected chi connectivity index (χ2v) is 14.5. The summed E-state index contributed by atoms with van der Waals surface area (Å²) < 4.78 is 4.86. The zero-order chi connectivity index (χ0) is 37.2. The normalized spacial score (nSPS) is 17.8. The Kier molecular flexibility index (Phi) is 13.7. The van der Waals surface area contributed by atoms with E-state index in [1.165, 1.54) is 7.11 Å². The molecule has 0 aromatic heterocycles. The predicted octanol–water partition coefficient (Wildman–Crippen LogP) is 0.848. The third-order valence-corrected chi connectivity index (χ3v) is 9.95. The van der Waals surface area contributed by atoms with Gasteiger partial charge in [0.05, 0.1) is 7.11 Å². The molecular formula is C38H55N7O6. The Morgan fingerprint density at radius 2 is 1.35 bits per heavy atom. The summed E-state index contributed by atoms with van der Waals surface area (Å²) >= 11 is 0. The summed E-state index contributed by atoms with van der Waals surface area (Å²) in [6, 6.07) is 14.1. The number of nitrogens with zero attached hydrogens (tertiary/aromatic N) is 1. The zero-order valence-corrected chi connectivity index (χ0v) is 30.1. The highest BCUT2D eigenvalue weighted by Crippen LogP contribution is 2.29. The van der Waals surface area contributed by atoms with Gasteiger partial charge in [0, 0.05) is 19.5 Å². The number of amides is 4. The first kappa shape index (κ1) is 39.5. The molecule has 1 saturated heterocycles. The van der Waals surface area contributed by atoms with E-state index >= 15 is 0 Å². The van der Waals surface area contributed by atoms with Gasteiger partial charge in [0.25, 0.3) is 0 Å². The van der Waals surface area contributed by atoms with E-state index in [0.717, 1.165) is 16.7 Å². The number of carbonyl (C=O) groups is 5. The number of hydrogen-bond acceptors (Lipinski definition) is 9. The summed E-state index contributed by atoms with van der Waals surface area (Å²) in [5, 5.41) is 8.72. The average Bonchev–Trinajstić information content (AvgIpc) is 3.48. The molecule has 0 spiro atoms. The van der Waals surface area contributed by atoms with Crippen LogP contribution in [0.3, 0.4) is 0 Å². The van der Waals surface area contributed by atoms with Crippen molar-refractivity contribution >= 4 is 29.6 Å². The molecule has 278 valence electrons. The molecule has 4 rings (SSSR count). The maximum atomic E-state index is 14.1. The van der Waals surface area contributed by atoms with Crippen LogP contribution in [0.25, 0.3) is 0 Å². The summed E-state index contributed by atoms with van der Waals surface area (Å²) in [5.41, 5.74) is 19.1. The van der Waals surface area contributed by atoms with Gasteiger partial charge in [0.15, 0.2) is 0 Å². The molecule has 0 bridgehead atoms. The molecule has 1 aliphatic carbocycles. The Morgan fingerprint density at radius 1 is 0.784 bits per heavy atom. The average molecular weight is 706 g/mol. The molecule has 4 amide bonds. The van der Waals surface area contributed by atoms with E-state index in [9.17, 15) is 24.0 Å². The Balaban J connectivity index is 1.50. The van der Waals surface area contributed by atoms with Crippen molar-refractivity contribution in [2.75, 3.05) is 26.7 Å². The van der Waals surface area contributed by atoms with Crippen molar-refractivity contribution in [1.29, 1.82) is 0 Å². The number of carbonyl (C=O) groups excluding carboxylic acids is 5. The lowest BCUT2D eigenvalue weighted by atomic mass is 9.88. The summed E-state index contributed by atoms with van der Waals surface area (Å²) in [6.07, 6.45) is 3.23. The number of nitrogens with one attached hydrogen (secondary N) is 3. The number of ether oxygens (including phenoxy) is 1. The van der Waals surface area contributed by atoms with Crippen LogP contribution in [0.1, 0.15) is 69.1 Å². The van der Waals surface area contributed by atoms with Crippen LogP contribution in [0.15, 0.2) is 54.6 Å². The second-order valence-electron chi connectivity index (χ2n) is 14.5. The summed E-state index contributed by atoms with van der Waals surface area (Å²) in [7, 11) is 1.28. The van der Waals surface area contributed by atoms with Crippen LogP contribution in [-0.2, 0) is 48.0 Å². The number of rotatable bonds is 16. The monoisotopic (exact) mass is 705 g/mol. The molecule has 2 aliphatic rings. The van der Waals surface area contributed by atoms with Crippen molar-refractivity contribution < 1.29 is 28.7 Å². The lowest BCUT2D eigenvalue weighted by Crippen LogP contribution is -2.62. The highest BCUT2D eigenvalue weighted by molar-refractivity contribution is 5.96. The maximum Gasteiger partial charge on any atom is 0.325 e. The number of hydrogen-bond donors (Lipinski definition) is 6. The van der Waals surface area contributed by atoms with Crippen LogP contribution in [-0.4, -0.2) is 90.4 Å². The van der Waals surface area contributed by atoms with Gasteiger partial charge >= 0.3 is 5.97 Å². The lowest BCUT2D eigenvalue weighted by Gasteiger charge is -2.38. The minimum absolute atomic E-state index is 0.0111. The van der Waals surface area contributed by atoms with Crippen LogP contribution < -0.4 is 33.2 Å². The predicted molar refractivity (Wildman–Crippen MR) is 194 cm³/mol. The van der Waals surface area contributed by atoms with E-state index in [-0.39, 0.29) is 44.2 Å². The fourth-order valence-corrected chi connectivity index (χ4v) is 6.92. The number of unbranched alkanes of at least 4 members (excludes halogenated alkanes) is 1. The van der Waals surface area contributed by atoms with Gasteiger partial charge in [-0.2, -0.15) is 0 Å². The van der Waals surface area contributed by atoms with Gasteiger partial charge in [-0.3, -0.25) is 24.0 Å². The van der Waals surface area contributed by atoms with Crippen molar-refractivity contribution in [3.8, 4) is 0 Å². The molecule has 2 aromatic rings. The van der Waals surface area contributed by atoms with Gasteiger partial charge in [0.2, 0.25) is 23.6 Å². The van der Waals surface area contributed by atoms with Crippen LogP contribution in [0.5, 0.6) is 0 Å². The maximum absolute atomic E-state index is 14.1.